The van der Waals surface area contributed by atoms with Gasteiger partial charge in [0.1, 0.15) is 5.75 Å². The predicted octanol–water partition coefficient (Wildman–Crippen LogP) is 0.591. The van der Waals surface area contributed by atoms with Crippen LogP contribution in [0.5, 0.6) is 5.75 Å². The van der Waals surface area contributed by atoms with E-state index in [-0.39, 0.29) is 11.7 Å². The molecule has 13 heavy (non-hydrogen) atoms. The van der Waals surface area contributed by atoms with Gasteiger partial charge in [-0.25, -0.2) is 0 Å². The molecule has 2 N–H and O–H groups in total. The fourth-order valence-electron chi connectivity index (χ4n) is 1.26. The summed E-state index contributed by atoms with van der Waals surface area (Å²) in [4.78, 5) is 15.1. The summed E-state index contributed by atoms with van der Waals surface area (Å²) in [5, 5.41) is 11.9. The number of amides is 1. The molecule has 0 aromatic heterocycles. The van der Waals surface area contributed by atoms with Gasteiger partial charge < -0.3 is 10.4 Å². The van der Waals surface area contributed by atoms with Gasteiger partial charge in [0.15, 0.2) is 6.04 Å². The quantitative estimate of drug-likeness (QED) is 0.657. The molecule has 0 bridgehead atoms. The van der Waals surface area contributed by atoms with Crippen LogP contribution in [0, 0.1) is 0 Å². The van der Waals surface area contributed by atoms with Crippen LogP contribution in [0.1, 0.15) is 11.6 Å². The molecule has 0 spiro atoms. The molecule has 0 aliphatic carbocycles. The number of benzene rings is 1. The van der Waals surface area contributed by atoms with Crippen molar-refractivity contribution in [2.75, 3.05) is 0 Å². The maximum atomic E-state index is 11.2. The largest absolute Gasteiger partial charge is 0.508 e. The van der Waals surface area contributed by atoms with Gasteiger partial charge in [-0.1, -0.05) is 18.2 Å². The van der Waals surface area contributed by atoms with Crippen LogP contribution >= 0.6 is 0 Å². The number of aliphatic imine (C=N–C) groups is 1. The lowest BCUT2D eigenvalue weighted by atomic mass is 10.1. The normalized spacial score (nSPS) is 20.3. The number of hydrogen-bond acceptors (Lipinski definition) is 3. The fourth-order valence-corrected chi connectivity index (χ4v) is 1.26. The highest BCUT2D eigenvalue weighted by Gasteiger charge is 2.24. The van der Waals surface area contributed by atoms with Gasteiger partial charge in [-0.3, -0.25) is 9.79 Å². The Morgan fingerprint density at radius 3 is 2.77 bits per heavy atom. The number of carbonyl (C=O) groups excluding carboxylic acids is 1. The van der Waals surface area contributed by atoms with Gasteiger partial charge in [-0.15, -0.1) is 0 Å². The van der Waals surface area contributed by atoms with Crippen LogP contribution in [0.4, 0.5) is 0 Å². The van der Waals surface area contributed by atoms with E-state index in [1.54, 1.807) is 18.2 Å². The average Bonchev–Trinajstić information content (AvgIpc) is 2.52. The minimum Gasteiger partial charge on any atom is -0.508 e. The van der Waals surface area contributed by atoms with Crippen LogP contribution in [0.2, 0.25) is 0 Å². The van der Waals surface area contributed by atoms with Crippen molar-refractivity contribution in [1.29, 1.82) is 0 Å². The van der Waals surface area contributed by atoms with Crippen LogP contribution in [0.25, 0.3) is 0 Å². The Kier molecular flexibility index (Phi) is 1.73. The summed E-state index contributed by atoms with van der Waals surface area (Å²) in [7, 11) is 0. The summed E-state index contributed by atoms with van der Waals surface area (Å²) in [5.41, 5.74) is 0.536. The summed E-state index contributed by atoms with van der Waals surface area (Å²) in [6, 6.07) is 6.09. The van der Waals surface area contributed by atoms with Gasteiger partial charge in [0.05, 0.1) is 6.34 Å². The number of carbonyl (C=O) groups is 1. The molecule has 1 aliphatic heterocycles. The maximum absolute atomic E-state index is 11.2. The molecule has 4 nitrogen and oxygen atoms in total. The van der Waals surface area contributed by atoms with Crippen molar-refractivity contribution < 1.29 is 9.90 Å². The number of phenolic OH excluding ortho intramolecular Hbond substituents is 1. The van der Waals surface area contributed by atoms with Crippen molar-refractivity contribution in [3.63, 3.8) is 0 Å². The molecule has 0 fully saturated rings. The highest BCUT2D eigenvalue weighted by Crippen LogP contribution is 2.27. The second kappa shape index (κ2) is 2.90. The third kappa shape index (κ3) is 1.26. The molecule has 4 heteroatoms. The van der Waals surface area contributed by atoms with Gasteiger partial charge in [0.25, 0.3) is 5.91 Å². The Morgan fingerprint density at radius 1 is 1.38 bits per heavy atom. The smallest absolute Gasteiger partial charge is 0.254 e. The number of nitrogens with zero attached hydrogens (tertiary/aromatic N) is 1. The second-order valence-corrected chi connectivity index (χ2v) is 2.75. The number of para-hydroxylation sites is 1. The van der Waals surface area contributed by atoms with Crippen molar-refractivity contribution in [2.24, 2.45) is 4.99 Å². The van der Waals surface area contributed by atoms with Gasteiger partial charge >= 0.3 is 0 Å². The van der Waals surface area contributed by atoms with Gasteiger partial charge in [0, 0.05) is 5.56 Å². The first-order valence-electron chi connectivity index (χ1n) is 3.89. The zero-order valence-corrected chi connectivity index (χ0v) is 6.77. The van der Waals surface area contributed by atoms with Gasteiger partial charge in [-0.05, 0) is 6.07 Å². The van der Waals surface area contributed by atoms with Crippen LogP contribution in [-0.2, 0) is 4.79 Å². The molecule has 0 saturated heterocycles. The van der Waals surface area contributed by atoms with E-state index in [4.69, 9.17) is 0 Å². The van der Waals surface area contributed by atoms with E-state index in [9.17, 15) is 9.90 Å². The van der Waals surface area contributed by atoms with Crippen LogP contribution in [-0.4, -0.2) is 17.4 Å². The van der Waals surface area contributed by atoms with E-state index < -0.39 is 6.04 Å². The molecule has 1 unspecified atom stereocenters. The van der Waals surface area contributed by atoms with E-state index in [0.29, 0.717) is 5.56 Å². The number of rotatable bonds is 1. The molecular formula is C9H8N2O2. The van der Waals surface area contributed by atoms with E-state index in [0.717, 1.165) is 0 Å². The summed E-state index contributed by atoms with van der Waals surface area (Å²) < 4.78 is 0. The predicted molar refractivity (Wildman–Crippen MR) is 47.5 cm³/mol. The van der Waals surface area contributed by atoms with Crippen molar-refractivity contribution >= 4 is 12.2 Å². The monoisotopic (exact) mass is 176 g/mol. The summed E-state index contributed by atoms with van der Waals surface area (Å²) in [6.45, 7) is 0. The molecule has 1 amide bonds. The topological polar surface area (TPSA) is 61.7 Å². The maximum Gasteiger partial charge on any atom is 0.254 e. The Balaban J connectivity index is 2.40. The van der Waals surface area contributed by atoms with E-state index >= 15 is 0 Å². The first kappa shape index (κ1) is 7.79. The highest BCUT2D eigenvalue weighted by atomic mass is 16.3. The zero-order chi connectivity index (χ0) is 9.26. The van der Waals surface area contributed by atoms with Gasteiger partial charge in [0.2, 0.25) is 0 Å². The minimum atomic E-state index is -0.596. The highest BCUT2D eigenvalue weighted by molar-refractivity contribution is 5.97. The lowest BCUT2D eigenvalue weighted by Gasteiger charge is -2.06. The van der Waals surface area contributed by atoms with Crippen molar-refractivity contribution in [2.45, 2.75) is 6.04 Å². The van der Waals surface area contributed by atoms with E-state index in [2.05, 4.69) is 10.3 Å². The SMILES string of the molecule is O=C1NC=NC1c1ccccc1O. The molecule has 1 aromatic rings. The standard InChI is InChI=1S/C9H8N2O2/c12-7-4-2-1-3-6(7)8-9(13)11-5-10-8/h1-5,8,12H,(H,10,11,13). The summed E-state index contributed by atoms with van der Waals surface area (Å²) in [6.07, 6.45) is 1.35. The average molecular weight is 176 g/mol. The van der Waals surface area contributed by atoms with Crippen LogP contribution in [0.15, 0.2) is 29.3 Å². The first-order valence-corrected chi connectivity index (χ1v) is 3.89. The van der Waals surface area contributed by atoms with Crippen LogP contribution in [0.3, 0.4) is 0 Å². The molecule has 2 rings (SSSR count). The minimum absolute atomic E-state index is 0.0988. The Hall–Kier alpha value is -1.84. The Labute approximate surface area is 74.9 Å². The zero-order valence-electron chi connectivity index (χ0n) is 6.77. The number of aromatic hydroxyl groups is 1. The lowest BCUT2D eigenvalue weighted by Crippen LogP contribution is -2.19. The molecule has 1 heterocycles. The molecule has 1 aromatic carbocycles. The molecule has 0 saturated carbocycles. The lowest BCUT2D eigenvalue weighted by molar-refractivity contribution is -0.120. The van der Waals surface area contributed by atoms with Crippen molar-refractivity contribution in [3.8, 4) is 5.75 Å². The number of hydrogen-bond donors (Lipinski definition) is 2. The molecule has 1 aliphatic rings. The van der Waals surface area contributed by atoms with Crippen molar-refractivity contribution in [3.05, 3.63) is 29.8 Å². The summed E-state index contributed by atoms with van der Waals surface area (Å²) in [5.74, 6) is -0.108. The molecular weight excluding hydrogens is 168 g/mol. The first-order chi connectivity index (χ1) is 6.29. The third-order valence-electron chi connectivity index (χ3n) is 1.91. The summed E-state index contributed by atoms with van der Waals surface area (Å²) >= 11 is 0. The molecule has 66 valence electrons. The van der Waals surface area contributed by atoms with E-state index in [1.807, 2.05) is 0 Å². The van der Waals surface area contributed by atoms with E-state index in [1.165, 1.54) is 12.4 Å². The number of phenols is 1. The third-order valence-corrected chi connectivity index (χ3v) is 1.91. The number of nitrogens with one attached hydrogen (secondary N) is 1. The molecule has 0 radical (unpaired) electrons. The molecule has 1 atom stereocenters. The Bertz CT molecular complexity index is 374. The fraction of sp³-hybridized carbons (Fsp3) is 0.111. The Morgan fingerprint density at radius 2 is 2.15 bits per heavy atom. The van der Waals surface area contributed by atoms with Crippen molar-refractivity contribution in [1.82, 2.24) is 5.32 Å². The van der Waals surface area contributed by atoms with Gasteiger partial charge in [-0.2, -0.15) is 0 Å². The second-order valence-electron chi connectivity index (χ2n) is 2.75. The van der Waals surface area contributed by atoms with Crippen LogP contribution < -0.4 is 5.32 Å².